The highest BCUT2D eigenvalue weighted by Crippen LogP contribution is 2.38. The minimum atomic E-state index is -0.774. The molecule has 0 radical (unpaired) electrons. The van der Waals surface area contributed by atoms with Crippen molar-refractivity contribution in [2.45, 2.75) is 51.3 Å². The first-order chi connectivity index (χ1) is 23.5. The summed E-state index contributed by atoms with van der Waals surface area (Å²) in [5, 5.41) is 1.07. The van der Waals surface area contributed by atoms with Crippen LogP contribution in [0, 0.1) is 18.2 Å². The molecule has 0 N–H and O–H groups in total. The molecule has 258 valence electrons. The summed E-state index contributed by atoms with van der Waals surface area (Å²) >= 11 is 6.39. The Morgan fingerprint density at radius 2 is 1.94 bits per heavy atom. The Morgan fingerprint density at radius 1 is 1.12 bits per heavy atom. The van der Waals surface area contributed by atoms with E-state index >= 15 is 4.39 Å². The summed E-state index contributed by atoms with van der Waals surface area (Å²) in [6.45, 7) is 14.4. The molecule has 1 amide bonds. The number of amides is 1. The predicted octanol–water partition coefficient (Wildman–Crippen LogP) is 6.93. The average molecular weight is 696 g/mol. The average Bonchev–Trinajstić information content (AvgIpc) is 3.51. The van der Waals surface area contributed by atoms with Crippen molar-refractivity contribution >= 4 is 45.2 Å². The third-order valence-corrected chi connectivity index (χ3v) is 9.19. The summed E-state index contributed by atoms with van der Waals surface area (Å²) < 4.78 is 56.2. The van der Waals surface area contributed by atoms with Crippen LogP contribution in [0.5, 0.6) is 6.01 Å². The van der Waals surface area contributed by atoms with E-state index in [1.165, 1.54) is 12.3 Å². The molecule has 2 aromatic carbocycles. The molecule has 0 bridgehead atoms. The van der Waals surface area contributed by atoms with Crippen molar-refractivity contribution in [1.82, 2.24) is 24.8 Å². The van der Waals surface area contributed by atoms with Gasteiger partial charge in [-0.05, 0) is 51.6 Å². The van der Waals surface area contributed by atoms with Gasteiger partial charge in [-0.2, -0.15) is 9.97 Å². The van der Waals surface area contributed by atoms with Crippen molar-refractivity contribution in [2.24, 2.45) is 0 Å². The van der Waals surface area contributed by atoms with E-state index < -0.39 is 36.0 Å². The lowest BCUT2D eigenvalue weighted by Gasteiger charge is -2.40. The van der Waals surface area contributed by atoms with E-state index in [1.807, 2.05) is 9.80 Å². The van der Waals surface area contributed by atoms with Gasteiger partial charge in [0.15, 0.2) is 5.82 Å². The number of carbonyl (C=O) groups is 1. The van der Waals surface area contributed by atoms with Gasteiger partial charge in [-0.15, -0.1) is 0 Å². The fourth-order valence-corrected chi connectivity index (χ4v) is 6.82. The van der Waals surface area contributed by atoms with Gasteiger partial charge in [0.25, 0.3) is 0 Å². The smallest absolute Gasteiger partial charge is 0.410 e. The largest absolute Gasteiger partial charge is 0.462 e. The van der Waals surface area contributed by atoms with E-state index in [1.54, 1.807) is 49.9 Å². The second-order valence-electron chi connectivity index (χ2n) is 13.2. The van der Waals surface area contributed by atoms with Crippen molar-refractivity contribution in [2.75, 3.05) is 57.4 Å². The number of piperazine rings is 1. The second-order valence-corrected chi connectivity index (χ2v) is 13.6. The Balaban J connectivity index is 1.42. The number of hydrogen-bond acceptors (Lipinski definition) is 8. The topological polar surface area (TPSA) is 88.3 Å². The summed E-state index contributed by atoms with van der Waals surface area (Å²) in [4.78, 5) is 35.7. The van der Waals surface area contributed by atoms with Gasteiger partial charge in [0.1, 0.15) is 47.8 Å². The molecule has 10 nitrogen and oxygen atoms in total. The lowest BCUT2D eigenvalue weighted by atomic mass is 10.0. The number of likely N-dealkylation sites (tertiary alicyclic amines) is 1. The quantitative estimate of drug-likeness (QED) is 0.183. The van der Waals surface area contributed by atoms with Crippen LogP contribution in [0.25, 0.3) is 37.8 Å². The van der Waals surface area contributed by atoms with Gasteiger partial charge < -0.3 is 19.2 Å². The summed E-state index contributed by atoms with van der Waals surface area (Å²) in [6.07, 6.45) is 2.66. The summed E-state index contributed by atoms with van der Waals surface area (Å²) in [7, 11) is 0. The van der Waals surface area contributed by atoms with Crippen LogP contribution >= 0.6 is 11.6 Å². The van der Waals surface area contributed by atoms with Crippen LogP contribution in [0.2, 0.25) is 5.02 Å². The third kappa shape index (κ3) is 7.16. The summed E-state index contributed by atoms with van der Waals surface area (Å²) in [5.74, 6) is -1.09. The van der Waals surface area contributed by atoms with Crippen LogP contribution in [-0.4, -0.2) is 101 Å². The molecule has 14 heteroatoms. The maximum absolute atomic E-state index is 16.7. The normalized spacial score (nSPS) is 18.7. The van der Waals surface area contributed by atoms with Gasteiger partial charge in [0.05, 0.1) is 10.4 Å². The van der Waals surface area contributed by atoms with Crippen LogP contribution in [-0.2, 0) is 4.74 Å². The molecule has 0 unspecified atom stereocenters. The molecule has 2 aromatic heterocycles. The molecular formula is C35H37ClF3N7O3. The predicted molar refractivity (Wildman–Crippen MR) is 182 cm³/mol. The van der Waals surface area contributed by atoms with E-state index in [-0.39, 0.29) is 54.5 Å². The molecule has 49 heavy (non-hydrogen) atoms. The van der Waals surface area contributed by atoms with Crippen LogP contribution < -0.4 is 9.64 Å². The highest BCUT2D eigenvalue weighted by Gasteiger charge is 2.37. The first kappa shape index (κ1) is 34.5. The third-order valence-electron chi connectivity index (χ3n) is 8.82. The van der Waals surface area contributed by atoms with Crippen molar-refractivity contribution in [3.05, 3.63) is 64.6 Å². The first-order valence-electron chi connectivity index (χ1n) is 16.2. The Hall–Kier alpha value is -4.41. The monoisotopic (exact) mass is 695 g/mol. The first-order valence-corrected chi connectivity index (χ1v) is 16.6. The Bertz CT molecular complexity index is 1920. The fraction of sp³-hybridized carbons (Fsp3) is 0.457. The number of carbonyl (C=O) groups excluding carboxylic acids is 1. The Labute approximate surface area is 287 Å². The van der Waals surface area contributed by atoms with Crippen molar-refractivity contribution < 1.29 is 27.4 Å². The Morgan fingerprint density at radius 3 is 2.69 bits per heavy atom. The molecule has 4 heterocycles. The zero-order valence-electron chi connectivity index (χ0n) is 27.6. The number of pyridine rings is 1. The molecule has 4 aromatic rings. The van der Waals surface area contributed by atoms with E-state index in [4.69, 9.17) is 32.6 Å². The van der Waals surface area contributed by atoms with Crippen molar-refractivity contribution in [3.63, 3.8) is 0 Å². The molecule has 2 fully saturated rings. The molecule has 6 rings (SSSR count). The number of alkyl halides is 1. The maximum atomic E-state index is 16.7. The van der Waals surface area contributed by atoms with Crippen LogP contribution in [0.4, 0.5) is 23.8 Å². The van der Waals surface area contributed by atoms with Crippen molar-refractivity contribution in [3.8, 4) is 17.3 Å². The van der Waals surface area contributed by atoms with Gasteiger partial charge >= 0.3 is 12.1 Å². The van der Waals surface area contributed by atoms with Crippen LogP contribution in [0.15, 0.2) is 36.5 Å². The van der Waals surface area contributed by atoms with Gasteiger partial charge in [0, 0.05) is 49.4 Å². The minimum Gasteiger partial charge on any atom is -0.462 e. The standard InChI is InChI=1S/C35H37ClF3N7O3/c1-35(2,3)49-34(47)46-16-15-45(19-23(46)17-40-4)32-25-18-41-30(24-9-5-7-21-10-11-26(38)28(36)27(21)24)29(39)31(25)42-33(43-32)48-20-22-8-6-13-44(22)14-12-37/h5,7,9-11,18,22-23H,6,8,12-17,19-20H2,1-3H3/t22-,23-/m0/s1. The fourth-order valence-electron chi connectivity index (χ4n) is 6.55. The van der Waals surface area contributed by atoms with Crippen LogP contribution in [0.1, 0.15) is 33.6 Å². The summed E-state index contributed by atoms with van der Waals surface area (Å²) in [5.41, 5.74) is -0.573. The molecule has 2 aliphatic rings. The van der Waals surface area contributed by atoms with E-state index in [9.17, 15) is 13.6 Å². The molecule has 2 aliphatic heterocycles. The molecular weight excluding hydrogens is 659 g/mol. The zero-order valence-corrected chi connectivity index (χ0v) is 28.3. The lowest BCUT2D eigenvalue weighted by Crippen LogP contribution is -2.57. The second kappa shape index (κ2) is 14.2. The van der Waals surface area contributed by atoms with E-state index in [0.29, 0.717) is 40.6 Å². The number of ether oxygens (including phenoxy) is 2. The molecule has 2 atom stereocenters. The Kier molecular flexibility index (Phi) is 9.99. The van der Waals surface area contributed by atoms with Crippen LogP contribution in [0.3, 0.4) is 0 Å². The molecule has 0 saturated carbocycles. The van der Waals surface area contributed by atoms with Gasteiger partial charge in [-0.1, -0.05) is 35.9 Å². The van der Waals surface area contributed by atoms with Gasteiger partial charge in [-0.3, -0.25) is 14.8 Å². The number of nitrogens with zero attached hydrogens (tertiary/aromatic N) is 7. The molecule has 2 saturated heterocycles. The lowest BCUT2D eigenvalue weighted by molar-refractivity contribution is 0.0155. The zero-order chi connectivity index (χ0) is 34.9. The van der Waals surface area contributed by atoms with Gasteiger partial charge in [0.2, 0.25) is 6.54 Å². The number of anilines is 1. The number of benzene rings is 2. The number of fused-ring (bicyclic) bond motifs is 2. The summed E-state index contributed by atoms with van der Waals surface area (Å²) in [6, 6.07) is 7.24. The highest BCUT2D eigenvalue weighted by molar-refractivity contribution is 6.36. The number of aromatic nitrogens is 3. The van der Waals surface area contributed by atoms with Crippen molar-refractivity contribution in [1.29, 1.82) is 0 Å². The van der Waals surface area contributed by atoms with Gasteiger partial charge in [-0.25, -0.2) is 24.5 Å². The minimum absolute atomic E-state index is 0.0172. The van der Waals surface area contributed by atoms with E-state index in [2.05, 4.69) is 14.8 Å². The molecule has 0 spiro atoms. The highest BCUT2D eigenvalue weighted by atomic mass is 35.5. The SMILES string of the molecule is [C-]#[N+]C[C@H]1CN(c2nc(OC[C@@H]3CCCN3CCF)nc3c(F)c(-c4cccc5ccc(F)c(Cl)c45)ncc23)CCN1C(=O)OC(C)(C)C. The molecule has 0 aliphatic carbocycles. The number of rotatable bonds is 8. The van der Waals surface area contributed by atoms with E-state index in [0.717, 1.165) is 19.4 Å². The maximum Gasteiger partial charge on any atom is 0.410 e. The number of hydrogen-bond donors (Lipinski definition) is 0. The number of halogens is 4.